The van der Waals surface area contributed by atoms with Gasteiger partial charge in [-0.15, -0.1) is 0 Å². The first kappa shape index (κ1) is 6.09. The predicted molar refractivity (Wildman–Crippen MR) is 33.8 cm³/mol. The lowest BCUT2D eigenvalue weighted by molar-refractivity contribution is -0.168. The van der Waals surface area contributed by atoms with Gasteiger partial charge in [0.1, 0.15) is 0 Å². The van der Waals surface area contributed by atoms with Crippen molar-refractivity contribution in [3.05, 3.63) is 0 Å². The molecule has 48 valence electrons. The summed E-state index contributed by atoms with van der Waals surface area (Å²) in [6, 6.07) is 0. The van der Waals surface area contributed by atoms with Crippen LogP contribution in [-0.4, -0.2) is 12.7 Å². The van der Waals surface area contributed by atoms with Gasteiger partial charge in [0.25, 0.3) is 0 Å². The van der Waals surface area contributed by atoms with Gasteiger partial charge in [-0.25, -0.2) is 0 Å². The van der Waals surface area contributed by atoms with Gasteiger partial charge >= 0.3 is 0 Å². The first-order valence-corrected chi connectivity index (χ1v) is 3.28. The Morgan fingerprint density at radius 1 is 1.62 bits per heavy atom. The maximum Gasteiger partial charge on any atom is 0.0645 e. The quantitative estimate of drug-likeness (QED) is 0.505. The van der Waals surface area contributed by atoms with E-state index in [-0.39, 0.29) is 0 Å². The van der Waals surface area contributed by atoms with Gasteiger partial charge in [0.05, 0.1) is 12.7 Å². The molecule has 1 heterocycles. The summed E-state index contributed by atoms with van der Waals surface area (Å²) in [4.78, 5) is 0. The molecular weight excluding hydrogens is 100 g/mol. The first-order valence-electron chi connectivity index (χ1n) is 3.28. The molecule has 1 nitrogen and oxygen atoms in total. The lowest BCUT2D eigenvalue weighted by Crippen LogP contribution is -2.46. The van der Waals surface area contributed by atoms with Crippen molar-refractivity contribution in [2.75, 3.05) is 6.61 Å². The van der Waals surface area contributed by atoms with Crippen molar-refractivity contribution in [1.82, 2.24) is 0 Å². The molecule has 0 radical (unpaired) electrons. The summed E-state index contributed by atoms with van der Waals surface area (Å²) in [5.74, 6) is 0. The molecule has 0 saturated carbocycles. The van der Waals surface area contributed by atoms with Gasteiger partial charge in [-0.3, -0.25) is 0 Å². The molecule has 0 bridgehead atoms. The topological polar surface area (TPSA) is 9.23 Å². The monoisotopic (exact) mass is 114 g/mol. The van der Waals surface area contributed by atoms with Crippen molar-refractivity contribution in [2.24, 2.45) is 5.41 Å². The Bertz CT molecular complexity index is 84.4. The minimum absolute atomic E-state index is 0.467. The minimum atomic E-state index is 0.467. The first-order chi connectivity index (χ1) is 3.67. The van der Waals surface area contributed by atoms with Crippen LogP contribution in [0.4, 0.5) is 0 Å². The Hall–Kier alpha value is -0.0400. The molecule has 0 amide bonds. The maximum absolute atomic E-state index is 5.30. The molecule has 1 heteroatoms. The summed E-state index contributed by atoms with van der Waals surface area (Å²) in [5.41, 5.74) is 0.467. The van der Waals surface area contributed by atoms with Gasteiger partial charge < -0.3 is 4.74 Å². The normalized spacial score (nSPS) is 34.1. The third-order valence-corrected chi connectivity index (χ3v) is 1.90. The van der Waals surface area contributed by atoms with E-state index in [1.807, 2.05) is 0 Å². The van der Waals surface area contributed by atoms with E-state index < -0.39 is 0 Å². The highest BCUT2D eigenvalue weighted by atomic mass is 16.5. The van der Waals surface area contributed by atoms with Crippen LogP contribution in [-0.2, 0) is 4.74 Å². The van der Waals surface area contributed by atoms with E-state index in [2.05, 4.69) is 20.8 Å². The minimum Gasteiger partial charge on any atom is -0.377 e. The average molecular weight is 114 g/mol. The van der Waals surface area contributed by atoms with Crippen LogP contribution < -0.4 is 0 Å². The third-order valence-electron chi connectivity index (χ3n) is 1.90. The second-order valence-electron chi connectivity index (χ2n) is 3.20. The van der Waals surface area contributed by atoms with E-state index in [0.29, 0.717) is 11.5 Å². The zero-order chi connectivity index (χ0) is 6.20. The Morgan fingerprint density at radius 3 is 2.25 bits per heavy atom. The zero-order valence-electron chi connectivity index (χ0n) is 5.90. The standard InChI is InChI=1S/C7H14O/c1-4-6-7(2,3)5-8-6/h6H,4-5H2,1-3H3. The fourth-order valence-corrected chi connectivity index (χ4v) is 1.20. The highest BCUT2D eigenvalue weighted by Gasteiger charge is 2.38. The van der Waals surface area contributed by atoms with Gasteiger partial charge in [0, 0.05) is 5.41 Å². The lowest BCUT2D eigenvalue weighted by Gasteiger charge is -2.43. The van der Waals surface area contributed by atoms with Crippen molar-refractivity contribution in [3.63, 3.8) is 0 Å². The number of rotatable bonds is 1. The van der Waals surface area contributed by atoms with Crippen LogP contribution in [0.15, 0.2) is 0 Å². The van der Waals surface area contributed by atoms with Crippen LogP contribution in [0.2, 0.25) is 0 Å². The van der Waals surface area contributed by atoms with E-state index in [9.17, 15) is 0 Å². The second kappa shape index (κ2) is 1.73. The van der Waals surface area contributed by atoms with Crippen LogP contribution in [0.1, 0.15) is 27.2 Å². The molecule has 1 fully saturated rings. The molecule has 0 aliphatic carbocycles. The summed E-state index contributed by atoms with van der Waals surface area (Å²) in [6.07, 6.45) is 1.69. The molecule has 0 aromatic heterocycles. The highest BCUT2D eigenvalue weighted by Crippen LogP contribution is 2.35. The number of hydrogen-bond donors (Lipinski definition) is 0. The van der Waals surface area contributed by atoms with Gasteiger partial charge in [-0.1, -0.05) is 20.8 Å². The maximum atomic E-state index is 5.30. The summed E-state index contributed by atoms with van der Waals surface area (Å²) < 4.78 is 5.30. The molecule has 0 aromatic carbocycles. The van der Waals surface area contributed by atoms with Crippen molar-refractivity contribution in [1.29, 1.82) is 0 Å². The van der Waals surface area contributed by atoms with Gasteiger partial charge in [-0.2, -0.15) is 0 Å². The summed E-state index contributed by atoms with van der Waals surface area (Å²) in [6.45, 7) is 7.63. The average Bonchev–Trinajstić information content (AvgIpc) is 1.66. The second-order valence-corrected chi connectivity index (χ2v) is 3.20. The molecule has 1 saturated heterocycles. The van der Waals surface area contributed by atoms with Gasteiger partial charge in [-0.05, 0) is 6.42 Å². The zero-order valence-corrected chi connectivity index (χ0v) is 5.90. The molecule has 8 heavy (non-hydrogen) atoms. The van der Waals surface area contributed by atoms with Gasteiger partial charge in [0.2, 0.25) is 0 Å². The smallest absolute Gasteiger partial charge is 0.0645 e. The Labute approximate surface area is 51.0 Å². The SMILES string of the molecule is CCC1OCC1(C)C. The van der Waals surface area contributed by atoms with Crippen LogP contribution >= 0.6 is 0 Å². The molecule has 0 spiro atoms. The van der Waals surface area contributed by atoms with E-state index in [1.54, 1.807) is 0 Å². The summed E-state index contributed by atoms with van der Waals surface area (Å²) in [7, 11) is 0. The Morgan fingerprint density at radius 2 is 2.25 bits per heavy atom. The molecule has 1 unspecified atom stereocenters. The van der Waals surface area contributed by atoms with Crippen LogP contribution in [0, 0.1) is 5.41 Å². The molecular formula is C7H14O. The Balaban J connectivity index is 2.37. The number of hydrogen-bond acceptors (Lipinski definition) is 1. The molecule has 1 aliphatic heterocycles. The summed E-state index contributed by atoms with van der Waals surface area (Å²) in [5, 5.41) is 0. The number of ether oxygens (including phenoxy) is 1. The molecule has 0 aromatic rings. The van der Waals surface area contributed by atoms with E-state index in [1.165, 1.54) is 0 Å². The van der Waals surface area contributed by atoms with Crippen molar-refractivity contribution < 1.29 is 4.74 Å². The fraction of sp³-hybridized carbons (Fsp3) is 1.00. The highest BCUT2D eigenvalue weighted by molar-refractivity contribution is 4.85. The van der Waals surface area contributed by atoms with E-state index >= 15 is 0 Å². The van der Waals surface area contributed by atoms with Crippen LogP contribution in [0.5, 0.6) is 0 Å². The summed E-state index contributed by atoms with van der Waals surface area (Å²) >= 11 is 0. The molecule has 1 aliphatic rings. The molecule has 1 rings (SSSR count). The van der Waals surface area contributed by atoms with Crippen LogP contribution in [0.25, 0.3) is 0 Å². The van der Waals surface area contributed by atoms with E-state index in [0.717, 1.165) is 13.0 Å². The predicted octanol–water partition coefficient (Wildman–Crippen LogP) is 1.82. The largest absolute Gasteiger partial charge is 0.377 e. The van der Waals surface area contributed by atoms with Gasteiger partial charge in [0.15, 0.2) is 0 Å². The van der Waals surface area contributed by atoms with Crippen molar-refractivity contribution in [3.8, 4) is 0 Å². The van der Waals surface area contributed by atoms with Crippen LogP contribution in [0.3, 0.4) is 0 Å². The fourth-order valence-electron chi connectivity index (χ4n) is 1.20. The van der Waals surface area contributed by atoms with Crippen molar-refractivity contribution >= 4 is 0 Å². The van der Waals surface area contributed by atoms with E-state index in [4.69, 9.17) is 4.74 Å². The third kappa shape index (κ3) is 0.752. The molecule has 0 N–H and O–H groups in total. The van der Waals surface area contributed by atoms with Crippen molar-refractivity contribution in [2.45, 2.75) is 33.3 Å². The Kier molecular flexibility index (Phi) is 1.31. The molecule has 1 atom stereocenters. The lowest BCUT2D eigenvalue weighted by atomic mass is 9.81.